The number of Topliss-reactive ketones (excluding diaryl/α,β-unsaturated/α-hetero) is 1. The molecule has 0 bridgehead atoms. The van der Waals surface area contributed by atoms with Gasteiger partial charge in [-0.3, -0.25) is 9.69 Å². The van der Waals surface area contributed by atoms with E-state index in [1.165, 1.54) is 0 Å². The van der Waals surface area contributed by atoms with Gasteiger partial charge in [-0.1, -0.05) is 36.8 Å². The molecule has 1 saturated heterocycles. The SMILES string of the molecule is [NH-]c1c[n+](N2CCN(CCCCCC(=O)c3ccccc3)CC2)no1. The lowest BCUT2D eigenvalue weighted by Crippen LogP contribution is -2.65. The molecule has 0 amide bonds. The average molecular weight is 343 g/mol. The zero-order chi connectivity index (χ0) is 17.5. The number of benzene rings is 1. The summed E-state index contributed by atoms with van der Waals surface area (Å²) in [7, 11) is 0. The minimum atomic E-state index is 0.0764. The Morgan fingerprint density at radius 2 is 1.88 bits per heavy atom. The van der Waals surface area contributed by atoms with Gasteiger partial charge in [0.05, 0.1) is 17.9 Å². The maximum atomic E-state index is 12.0. The average Bonchev–Trinajstić information content (AvgIpc) is 3.09. The van der Waals surface area contributed by atoms with Crippen molar-refractivity contribution in [2.45, 2.75) is 25.7 Å². The van der Waals surface area contributed by atoms with Gasteiger partial charge < -0.3 is 10.3 Å². The highest BCUT2D eigenvalue weighted by Crippen LogP contribution is 2.09. The number of ketones is 1. The molecule has 7 heteroatoms. The van der Waals surface area contributed by atoms with Gasteiger partial charge in [0, 0.05) is 25.1 Å². The van der Waals surface area contributed by atoms with E-state index in [9.17, 15) is 4.79 Å². The van der Waals surface area contributed by atoms with Crippen molar-refractivity contribution in [3.63, 3.8) is 0 Å². The van der Waals surface area contributed by atoms with Crippen LogP contribution in [-0.4, -0.2) is 48.7 Å². The number of nitrogens with one attached hydrogen (secondary N) is 1. The second-order valence-electron chi connectivity index (χ2n) is 6.38. The fraction of sp³-hybridized carbons (Fsp3) is 0.500. The molecule has 3 rings (SSSR count). The molecule has 0 atom stereocenters. The Labute approximate surface area is 147 Å². The molecule has 2 heterocycles. The Balaban J connectivity index is 1.28. The van der Waals surface area contributed by atoms with Crippen molar-refractivity contribution < 1.29 is 14.1 Å². The van der Waals surface area contributed by atoms with E-state index in [0.29, 0.717) is 6.42 Å². The molecular weight excluding hydrogens is 318 g/mol. The van der Waals surface area contributed by atoms with Gasteiger partial charge in [0.25, 0.3) is 6.20 Å². The third-order valence-electron chi connectivity index (χ3n) is 4.57. The van der Waals surface area contributed by atoms with Gasteiger partial charge in [-0.2, -0.15) is 5.01 Å². The molecule has 25 heavy (non-hydrogen) atoms. The normalized spacial score (nSPS) is 15.4. The van der Waals surface area contributed by atoms with E-state index in [1.54, 1.807) is 11.0 Å². The van der Waals surface area contributed by atoms with Gasteiger partial charge in [0.1, 0.15) is 5.88 Å². The first-order chi connectivity index (χ1) is 12.2. The van der Waals surface area contributed by atoms with Crippen LogP contribution in [-0.2, 0) is 0 Å². The third kappa shape index (κ3) is 5.03. The molecule has 1 aliphatic heterocycles. The van der Waals surface area contributed by atoms with Crippen LogP contribution in [0.1, 0.15) is 36.0 Å². The smallest absolute Gasteiger partial charge is 0.256 e. The monoisotopic (exact) mass is 343 g/mol. The molecule has 0 aliphatic carbocycles. The Morgan fingerprint density at radius 1 is 1.12 bits per heavy atom. The molecule has 0 spiro atoms. The van der Waals surface area contributed by atoms with E-state index in [-0.39, 0.29) is 11.7 Å². The van der Waals surface area contributed by atoms with Crippen LogP contribution in [0.25, 0.3) is 5.73 Å². The van der Waals surface area contributed by atoms with E-state index in [0.717, 1.165) is 57.5 Å². The molecular formula is C18H25N5O2. The third-order valence-corrected chi connectivity index (χ3v) is 4.57. The quantitative estimate of drug-likeness (QED) is 0.418. The zero-order valence-corrected chi connectivity index (χ0v) is 14.4. The molecule has 0 unspecified atom stereocenters. The van der Waals surface area contributed by atoms with Gasteiger partial charge in [0.2, 0.25) is 5.27 Å². The molecule has 1 fully saturated rings. The highest BCUT2D eigenvalue weighted by molar-refractivity contribution is 5.95. The van der Waals surface area contributed by atoms with Crippen molar-refractivity contribution in [3.05, 3.63) is 47.8 Å². The van der Waals surface area contributed by atoms with Gasteiger partial charge in [0.15, 0.2) is 5.78 Å². The standard InChI is InChI=1S/C18H25N5O2/c19-18-15-23(20-25-18)22-13-11-21(12-14-22)10-6-2-5-9-17(24)16-7-3-1-4-8-16/h1,3-4,7-8,15H,2,5-6,9-14H2,(H-,19,20). The first kappa shape index (κ1) is 17.4. The van der Waals surface area contributed by atoms with Gasteiger partial charge >= 0.3 is 0 Å². The summed E-state index contributed by atoms with van der Waals surface area (Å²) in [6, 6.07) is 9.53. The summed E-state index contributed by atoms with van der Waals surface area (Å²) in [6.45, 7) is 4.79. The maximum absolute atomic E-state index is 12.0. The molecule has 7 nitrogen and oxygen atoms in total. The van der Waals surface area contributed by atoms with Crippen LogP contribution in [0.5, 0.6) is 0 Å². The summed E-state index contributed by atoms with van der Waals surface area (Å²) < 4.78 is 4.78. The summed E-state index contributed by atoms with van der Waals surface area (Å²) >= 11 is 0. The van der Waals surface area contributed by atoms with Crippen molar-refractivity contribution in [3.8, 4) is 0 Å². The van der Waals surface area contributed by atoms with Crippen molar-refractivity contribution in [1.82, 2.24) is 10.2 Å². The molecule has 1 N–H and O–H groups in total. The lowest BCUT2D eigenvalue weighted by Gasteiger charge is -2.29. The van der Waals surface area contributed by atoms with Crippen molar-refractivity contribution >= 4 is 11.7 Å². The van der Waals surface area contributed by atoms with Crippen LogP contribution >= 0.6 is 0 Å². The summed E-state index contributed by atoms with van der Waals surface area (Å²) in [5, 5.41) is 5.90. The van der Waals surface area contributed by atoms with Gasteiger partial charge in [-0.25, -0.2) is 0 Å². The van der Waals surface area contributed by atoms with Crippen LogP contribution in [0.2, 0.25) is 0 Å². The van der Waals surface area contributed by atoms with E-state index in [1.807, 2.05) is 30.3 Å². The van der Waals surface area contributed by atoms with E-state index in [2.05, 4.69) is 15.2 Å². The minimum Gasteiger partial charge on any atom is -0.660 e. The lowest BCUT2D eigenvalue weighted by molar-refractivity contribution is -0.759. The summed E-state index contributed by atoms with van der Waals surface area (Å²) in [6.07, 6.45) is 5.37. The largest absolute Gasteiger partial charge is 0.660 e. The molecule has 134 valence electrons. The van der Waals surface area contributed by atoms with E-state index < -0.39 is 0 Å². The molecule has 1 aliphatic rings. The number of piperazine rings is 1. The van der Waals surface area contributed by atoms with Crippen LogP contribution in [0.4, 0.5) is 5.88 Å². The Morgan fingerprint density at radius 3 is 2.56 bits per heavy atom. The number of hydrogen-bond donors (Lipinski definition) is 0. The number of rotatable bonds is 8. The van der Waals surface area contributed by atoms with Crippen LogP contribution in [0.15, 0.2) is 41.1 Å². The second kappa shape index (κ2) is 8.62. The van der Waals surface area contributed by atoms with Crippen LogP contribution < -0.4 is 9.80 Å². The zero-order valence-electron chi connectivity index (χ0n) is 14.4. The first-order valence-electron chi connectivity index (χ1n) is 8.88. The number of carbonyl (C=O) groups is 1. The fourth-order valence-electron chi connectivity index (χ4n) is 3.10. The van der Waals surface area contributed by atoms with E-state index in [4.69, 9.17) is 10.3 Å². The first-order valence-corrected chi connectivity index (χ1v) is 8.88. The molecule has 1 aromatic carbocycles. The highest BCUT2D eigenvalue weighted by Gasteiger charge is 2.24. The Kier molecular flexibility index (Phi) is 6.00. The van der Waals surface area contributed by atoms with Gasteiger partial charge in [-0.15, -0.1) is 0 Å². The Bertz CT molecular complexity index is 665. The summed E-state index contributed by atoms with van der Waals surface area (Å²) in [5.41, 5.74) is 8.20. The number of aromatic nitrogens is 2. The van der Waals surface area contributed by atoms with E-state index >= 15 is 0 Å². The fourth-order valence-corrected chi connectivity index (χ4v) is 3.10. The number of nitrogens with zero attached hydrogens (tertiary/aromatic N) is 4. The lowest BCUT2D eigenvalue weighted by atomic mass is 10.0. The molecule has 1 aromatic heterocycles. The maximum Gasteiger partial charge on any atom is 0.256 e. The minimum absolute atomic E-state index is 0.0764. The topological polar surface area (TPSA) is 77.3 Å². The molecule has 0 saturated carbocycles. The number of carbonyl (C=O) groups excluding carboxylic acids is 1. The molecule has 2 aromatic rings. The highest BCUT2D eigenvalue weighted by atomic mass is 16.5. The predicted octanol–water partition coefficient (Wildman–Crippen LogP) is 2.34. The number of hydrogen-bond acceptors (Lipinski definition) is 5. The van der Waals surface area contributed by atoms with Crippen molar-refractivity contribution in [1.29, 1.82) is 0 Å². The summed E-state index contributed by atoms with van der Waals surface area (Å²) in [5.74, 6) is 0.320. The molecule has 0 radical (unpaired) electrons. The van der Waals surface area contributed by atoms with Crippen molar-refractivity contribution in [2.24, 2.45) is 0 Å². The number of unbranched alkanes of at least 4 members (excludes halogenated alkanes) is 2. The summed E-state index contributed by atoms with van der Waals surface area (Å²) in [4.78, 5) is 16.1. The Hall–Kier alpha value is -2.41. The van der Waals surface area contributed by atoms with Crippen molar-refractivity contribution in [2.75, 3.05) is 37.7 Å². The van der Waals surface area contributed by atoms with Crippen LogP contribution in [0, 0.1) is 0 Å². The second-order valence-corrected chi connectivity index (χ2v) is 6.38. The predicted molar refractivity (Wildman–Crippen MR) is 94.3 cm³/mol. The van der Waals surface area contributed by atoms with Gasteiger partial charge in [-0.05, 0) is 19.4 Å². The van der Waals surface area contributed by atoms with Crippen LogP contribution in [0.3, 0.4) is 0 Å².